The lowest BCUT2D eigenvalue weighted by molar-refractivity contribution is -0.135. The van der Waals surface area contributed by atoms with E-state index in [-0.39, 0.29) is 18.4 Å². The molecule has 2 N–H and O–H groups in total. The van der Waals surface area contributed by atoms with Crippen LogP contribution < -0.4 is 10.6 Å². The number of nitrogens with zero attached hydrogens (tertiary/aromatic N) is 1. The van der Waals surface area contributed by atoms with Gasteiger partial charge < -0.3 is 15.5 Å². The fourth-order valence-corrected chi connectivity index (χ4v) is 2.13. The fourth-order valence-electron chi connectivity index (χ4n) is 2.13. The van der Waals surface area contributed by atoms with Crippen molar-refractivity contribution in [2.45, 2.75) is 18.9 Å². The van der Waals surface area contributed by atoms with Crippen LogP contribution in [-0.2, 0) is 14.4 Å². The molecule has 7 heteroatoms. The maximum atomic E-state index is 13.0. The van der Waals surface area contributed by atoms with Crippen molar-refractivity contribution >= 4 is 23.4 Å². The number of rotatable bonds is 4. The molecule has 1 aromatic carbocycles. The Morgan fingerprint density at radius 2 is 2.24 bits per heavy atom. The van der Waals surface area contributed by atoms with Crippen LogP contribution in [0, 0.1) is 5.82 Å². The first-order valence-electron chi connectivity index (χ1n) is 6.55. The summed E-state index contributed by atoms with van der Waals surface area (Å²) in [5, 5.41) is 5.06. The molecule has 1 aromatic rings. The summed E-state index contributed by atoms with van der Waals surface area (Å²) in [6.07, 6.45) is 0.757. The Labute approximate surface area is 121 Å². The molecular weight excluding hydrogens is 277 g/mol. The van der Waals surface area contributed by atoms with Gasteiger partial charge in [-0.05, 0) is 24.6 Å². The second kappa shape index (κ2) is 6.34. The molecule has 0 radical (unpaired) electrons. The second-order valence-electron chi connectivity index (χ2n) is 4.91. The predicted octanol–water partition coefficient (Wildman–Crippen LogP) is 0.501. The molecule has 112 valence electrons. The number of carbonyl (C=O) groups excluding carboxylic acids is 3. The van der Waals surface area contributed by atoms with Gasteiger partial charge in [0, 0.05) is 19.2 Å². The van der Waals surface area contributed by atoms with Gasteiger partial charge in [0.1, 0.15) is 11.9 Å². The Morgan fingerprint density at radius 1 is 1.48 bits per heavy atom. The van der Waals surface area contributed by atoms with Gasteiger partial charge in [0.05, 0.1) is 6.54 Å². The van der Waals surface area contributed by atoms with Crippen LogP contribution in [0.15, 0.2) is 24.3 Å². The van der Waals surface area contributed by atoms with E-state index in [1.54, 1.807) is 6.07 Å². The first-order chi connectivity index (χ1) is 9.95. The molecule has 0 bridgehead atoms. The van der Waals surface area contributed by atoms with Gasteiger partial charge in [0.25, 0.3) is 0 Å². The van der Waals surface area contributed by atoms with Gasteiger partial charge >= 0.3 is 0 Å². The smallest absolute Gasteiger partial charge is 0.245 e. The Kier molecular flexibility index (Phi) is 4.52. The minimum Gasteiger partial charge on any atom is -0.344 e. The van der Waals surface area contributed by atoms with Gasteiger partial charge in [-0.3, -0.25) is 14.4 Å². The number of benzene rings is 1. The van der Waals surface area contributed by atoms with Crippen molar-refractivity contribution in [3.8, 4) is 0 Å². The molecule has 0 aliphatic carbocycles. The third-order valence-electron chi connectivity index (χ3n) is 3.16. The van der Waals surface area contributed by atoms with Gasteiger partial charge in [-0.1, -0.05) is 6.07 Å². The summed E-state index contributed by atoms with van der Waals surface area (Å²) in [6.45, 7) is -0.165. The van der Waals surface area contributed by atoms with Crippen LogP contribution in [0.2, 0.25) is 0 Å². The third kappa shape index (κ3) is 4.01. The fraction of sp³-hybridized carbons (Fsp3) is 0.357. The van der Waals surface area contributed by atoms with Crippen LogP contribution in [0.25, 0.3) is 0 Å². The van der Waals surface area contributed by atoms with Crippen molar-refractivity contribution in [2.24, 2.45) is 0 Å². The molecule has 0 aromatic heterocycles. The van der Waals surface area contributed by atoms with E-state index in [1.807, 2.05) is 0 Å². The normalized spacial score (nSPS) is 17.2. The van der Waals surface area contributed by atoms with Gasteiger partial charge in [-0.15, -0.1) is 0 Å². The molecule has 21 heavy (non-hydrogen) atoms. The Hall–Kier alpha value is -2.44. The lowest BCUT2D eigenvalue weighted by Gasteiger charge is -2.20. The summed E-state index contributed by atoms with van der Waals surface area (Å²) < 4.78 is 13.0. The zero-order valence-electron chi connectivity index (χ0n) is 11.6. The van der Waals surface area contributed by atoms with E-state index >= 15 is 0 Å². The van der Waals surface area contributed by atoms with E-state index in [9.17, 15) is 18.8 Å². The van der Waals surface area contributed by atoms with Crippen LogP contribution in [-0.4, -0.2) is 42.3 Å². The lowest BCUT2D eigenvalue weighted by atomic mass is 10.2. The maximum Gasteiger partial charge on any atom is 0.245 e. The number of hydrogen-bond acceptors (Lipinski definition) is 3. The standard InChI is InChI=1S/C14H16FN3O3/c1-18(14(21)11-5-6-12(19)17-11)8-13(20)16-10-4-2-3-9(15)7-10/h2-4,7,11H,5-6,8H2,1H3,(H,16,20)(H,17,19)/t11-/m1/s1. The third-order valence-corrected chi connectivity index (χ3v) is 3.16. The van der Waals surface area contributed by atoms with Crippen molar-refractivity contribution in [1.29, 1.82) is 0 Å². The molecule has 1 saturated heterocycles. The Bertz CT molecular complexity index is 576. The van der Waals surface area contributed by atoms with Gasteiger partial charge in [0.2, 0.25) is 17.7 Å². The minimum absolute atomic E-state index is 0.161. The van der Waals surface area contributed by atoms with Crippen LogP contribution in [0.5, 0.6) is 0 Å². The molecule has 1 aliphatic rings. The molecule has 0 spiro atoms. The summed E-state index contributed by atoms with van der Waals surface area (Å²) in [5.41, 5.74) is 0.329. The largest absolute Gasteiger partial charge is 0.344 e. The second-order valence-corrected chi connectivity index (χ2v) is 4.91. The molecule has 6 nitrogen and oxygen atoms in total. The number of likely N-dealkylation sites (N-methyl/N-ethyl adjacent to an activating group) is 1. The molecule has 1 atom stereocenters. The number of halogens is 1. The van der Waals surface area contributed by atoms with E-state index in [4.69, 9.17) is 0 Å². The van der Waals surface area contributed by atoms with Crippen molar-refractivity contribution in [2.75, 3.05) is 18.9 Å². The topological polar surface area (TPSA) is 78.5 Å². The molecule has 0 saturated carbocycles. The average molecular weight is 293 g/mol. The van der Waals surface area contributed by atoms with E-state index in [0.717, 1.165) is 0 Å². The van der Waals surface area contributed by atoms with Crippen LogP contribution in [0.3, 0.4) is 0 Å². The maximum absolute atomic E-state index is 13.0. The highest BCUT2D eigenvalue weighted by atomic mass is 19.1. The lowest BCUT2D eigenvalue weighted by Crippen LogP contribution is -2.45. The van der Waals surface area contributed by atoms with E-state index < -0.39 is 17.8 Å². The quantitative estimate of drug-likeness (QED) is 0.848. The van der Waals surface area contributed by atoms with E-state index in [1.165, 1.54) is 30.1 Å². The van der Waals surface area contributed by atoms with Gasteiger partial charge in [-0.25, -0.2) is 4.39 Å². The molecule has 1 heterocycles. The van der Waals surface area contributed by atoms with E-state index in [2.05, 4.69) is 10.6 Å². The molecular formula is C14H16FN3O3. The average Bonchev–Trinajstić information content (AvgIpc) is 2.84. The Morgan fingerprint density at radius 3 is 2.86 bits per heavy atom. The Balaban J connectivity index is 1.87. The van der Waals surface area contributed by atoms with Crippen LogP contribution >= 0.6 is 0 Å². The molecule has 2 rings (SSSR count). The highest BCUT2D eigenvalue weighted by molar-refractivity contribution is 5.96. The summed E-state index contributed by atoms with van der Waals surface area (Å²) in [5.74, 6) is -1.35. The van der Waals surface area contributed by atoms with Crippen molar-refractivity contribution in [1.82, 2.24) is 10.2 Å². The zero-order chi connectivity index (χ0) is 15.4. The highest BCUT2D eigenvalue weighted by Crippen LogP contribution is 2.11. The number of amides is 3. The molecule has 3 amide bonds. The minimum atomic E-state index is -0.565. The summed E-state index contributed by atoms with van der Waals surface area (Å²) >= 11 is 0. The number of nitrogens with one attached hydrogen (secondary N) is 2. The molecule has 1 fully saturated rings. The number of hydrogen-bond donors (Lipinski definition) is 2. The first kappa shape index (κ1) is 15.0. The number of anilines is 1. The van der Waals surface area contributed by atoms with Crippen molar-refractivity contribution in [3.63, 3.8) is 0 Å². The van der Waals surface area contributed by atoms with Crippen molar-refractivity contribution < 1.29 is 18.8 Å². The van der Waals surface area contributed by atoms with Crippen LogP contribution in [0.1, 0.15) is 12.8 Å². The summed E-state index contributed by atoms with van der Waals surface area (Å²) in [7, 11) is 1.48. The van der Waals surface area contributed by atoms with Gasteiger partial charge in [0.15, 0.2) is 0 Å². The highest BCUT2D eigenvalue weighted by Gasteiger charge is 2.29. The van der Waals surface area contributed by atoms with Crippen molar-refractivity contribution in [3.05, 3.63) is 30.1 Å². The SMILES string of the molecule is CN(CC(=O)Nc1cccc(F)c1)C(=O)[C@H]1CCC(=O)N1. The van der Waals surface area contributed by atoms with E-state index in [0.29, 0.717) is 18.5 Å². The molecule has 1 aliphatic heterocycles. The predicted molar refractivity (Wildman–Crippen MR) is 73.8 cm³/mol. The van der Waals surface area contributed by atoms with Crippen LogP contribution in [0.4, 0.5) is 10.1 Å². The molecule has 0 unspecified atom stereocenters. The first-order valence-corrected chi connectivity index (χ1v) is 6.55. The van der Waals surface area contributed by atoms with Gasteiger partial charge in [-0.2, -0.15) is 0 Å². The summed E-state index contributed by atoms with van der Waals surface area (Å²) in [4.78, 5) is 36.1. The monoisotopic (exact) mass is 293 g/mol. The number of carbonyl (C=O) groups is 3. The summed E-state index contributed by atoms with van der Waals surface area (Å²) in [6, 6.07) is 4.93. The zero-order valence-corrected chi connectivity index (χ0v) is 11.6.